The molecule has 4 heteroatoms. The summed E-state index contributed by atoms with van der Waals surface area (Å²) in [6, 6.07) is 22.0. The Hall–Kier alpha value is -2.78. The number of rotatable bonds is 10. The quantitative estimate of drug-likeness (QED) is 0.230. The Balaban J connectivity index is 1.81. The van der Waals surface area contributed by atoms with E-state index >= 15 is 0 Å². The predicted molar refractivity (Wildman–Crippen MR) is 132 cm³/mol. The fourth-order valence-corrected chi connectivity index (χ4v) is 3.72. The van der Waals surface area contributed by atoms with Crippen LogP contribution in [0.4, 0.5) is 0 Å². The van der Waals surface area contributed by atoms with Crippen LogP contribution in [0.15, 0.2) is 66.7 Å². The Morgan fingerprint density at radius 2 is 1.72 bits per heavy atom. The lowest BCUT2D eigenvalue weighted by Crippen LogP contribution is -2.09. The van der Waals surface area contributed by atoms with E-state index < -0.39 is 0 Å². The van der Waals surface area contributed by atoms with Crippen molar-refractivity contribution >= 4 is 17.6 Å². The number of unbranched alkanes of at least 4 members (excludes halogenated alkanes) is 1. The monoisotopic (exact) mass is 450 g/mol. The zero-order valence-corrected chi connectivity index (χ0v) is 19.8. The van der Waals surface area contributed by atoms with Gasteiger partial charge in [-0.15, -0.1) is 0 Å². The minimum absolute atomic E-state index is 0.0601. The lowest BCUT2D eigenvalue weighted by atomic mass is 9.98. The van der Waals surface area contributed by atoms with Gasteiger partial charge in [-0.2, -0.15) is 0 Å². The molecule has 0 saturated carbocycles. The highest BCUT2D eigenvalue weighted by molar-refractivity contribution is 6.30. The summed E-state index contributed by atoms with van der Waals surface area (Å²) in [5.74, 6) is 1.16. The number of aryl methyl sites for hydroxylation is 1. The highest BCUT2D eigenvalue weighted by atomic mass is 35.5. The van der Waals surface area contributed by atoms with Crippen LogP contribution in [0.2, 0.25) is 5.02 Å². The van der Waals surface area contributed by atoms with Gasteiger partial charge < -0.3 is 9.47 Å². The molecule has 0 N–H and O–H groups in total. The van der Waals surface area contributed by atoms with Crippen molar-refractivity contribution < 1.29 is 14.3 Å². The first-order chi connectivity index (χ1) is 15.5. The lowest BCUT2D eigenvalue weighted by molar-refractivity contribution is -0.134. The van der Waals surface area contributed by atoms with Crippen LogP contribution >= 0.6 is 11.6 Å². The average Bonchev–Trinajstić information content (AvgIpc) is 2.79. The van der Waals surface area contributed by atoms with Crippen LogP contribution in [-0.2, 0) is 4.79 Å². The van der Waals surface area contributed by atoms with Gasteiger partial charge in [0, 0.05) is 11.4 Å². The Morgan fingerprint density at radius 1 is 0.938 bits per heavy atom. The van der Waals surface area contributed by atoms with Crippen molar-refractivity contribution in [1.82, 2.24) is 0 Å². The number of benzene rings is 3. The molecule has 0 fully saturated rings. The van der Waals surface area contributed by atoms with E-state index in [0.29, 0.717) is 12.2 Å². The molecule has 0 aromatic heterocycles. The van der Waals surface area contributed by atoms with Crippen molar-refractivity contribution in [2.24, 2.45) is 0 Å². The third kappa shape index (κ3) is 6.61. The molecule has 3 aromatic carbocycles. The van der Waals surface area contributed by atoms with Crippen molar-refractivity contribution in [1.29, 1.82) is 0 Å². The van der Waals surface area contributed by atoms with Gasteiger partial charge in [0.2, 0.25) is 0 Å². The Kier molecular flexibility index (Phi) is 8.75. The van der Waals surface area contributed by atoms with Crippen molar-refractivity contribution in [3.63, 3.8) is 0 Å². The molecule has 0 aliphatic heterocycles. The fourth-order valence-electron chi connectivity index (χ4n) is 3.60. The molecule has 0 radical (unpaired) electrons. The van der Waals surface area contributed by atoms with E-state index in [-0.39, 0.29) is 12.1 Å². The topological polar surface area (TPSA) is 35.5 Å². The molecule has 0 heterocycles. The zero-order chi connectivity index (χ0) is 22.9. The van der Waals surface area contributed by atoms with Gasteiger partial charge in [0.15, 0.2) is 0 Å². The van der Waals surface area contributed by atoms with E-state index in [1.54, 1.807) is 0 Å². The van der Waals surface area contributed by atoms with E-state index in [2.05, 4.69) is 31.2 Å². The molecule has 3 aromatic rings. The number of hydrogen-bond donors (Lipinski definition) is 0. The summed E-state index contributed by atoms with van der Waals surface area (Å²) in [6.45, 7) is 6.08. The molecule has 3 nitrogen and oxygen atoms in total. The lowest BCUT2D eigenvalue weighted by Gasteiger charge is -2.21. The Labute approximate surface area is 196 Å². The van der Waals surface area contributed by atoms with Gasteiger partial charge in [-0.3, -0.25) is 4.79 Å². The maximum Gasteiger partial charge on any atom is 0.311 e. The van der Waals surface area contributed by atoms with Crippen LogP contribution in [0.25, 0.3) is 11.1 Å². The van der Waals surface area contributed by atoms with E-state index in [9.17, 15) is 4.79 Å². The predicted octanol–water partition coefficient (Wildman–Crippen LogP) is 8.33. The molecule has 0 aliphatic carbocycles. The second-order valence-corrected chi connectivity index (χ2v) is 8.47. The summed E-state index contributed by atoms with van der Waals surface area (Å²) in [5, 5.41) is 0.730. The van der Waals surface area contributed by atoms with Crippen molar-refractivity contribution in [2.75, 3.05) is 0 Å². The molecule has 0 saturated heterocycles. The van der Waals surface area contributed by atoms with Crippen LogP contribution < -0.4 is 9.47 Å². The number of carbonyl (C=O) groups excluding carboxylic acids is 1. The molecule has 3 rings (SSSR count). The summed E-state index contributed by atoms with van der Waals surface area (Å²) in [7, 11) is 0. The number of carbonyl (C=O) groups is 1. The smallest absolute Gasteiger partial charge is 0.311 e. The SMILES string of the molecule is CCCCC(Oc1ccc(OC(=O)CCC)c(C)c1)c1cccc(-c2ccc(Cl)cc2)c1. The summed E-state index contributed by atoms with van der Waals surface area (Å²) >= 11 is 6.05. The molecule has 1 unspecified atom stereocenters. The molecule has 0 bridgehead atoms. The van der Waals surface area contributed by atoms with Crippen LogP contribution in [0.3, 0.4) is 0 Å². The average molecular weight is 451 g/mol. The third-order valence-corrected chi connectivity index (χ3v) is 5.61. The zero-order valence-electron chi connectivity index (χ0n) is 19.1. The van der Waals surface area contributed by atoms with Gasteiger partial charge in [0.25, 0.3) is 0 Å². The first-order valence-corrected chi connectivity index (χ1v) is 11.7. The Morgan fingerprint density at radius 3 is 2.41 bits per heavy atom. The van der Waals surface area contributed by atoms with Crippen LogP contribution in [0, 0.1) is 6.92 Å². The molecule has 1 atom stereocenters. The van der Waals surface area contributed by atoms with Crippen molar-refractivity contribution in [3.8, 4) is 22.6 Å². The number of halogens is 1. The van der Waals surface area contributed by atoms with Gasteiger partial charge in [-0.05, 0) is 84.8 Å². The molecular formula is C28H31ClO3. The highest BCUT2D eigenvalue weighted by Crippen LogP contribution is 2.32. The van der Waals surface area contributed by atoms with E-state index in [0.717, 1.165) is 58.7 Å². The van der Waals surface area contributed by atoms with Gasteiger partial charge in [0.1, 0.15) is 17.6 Å². The summed E-state index contributed by atoms with van der Waals surface area (Å²) in [4.78, 5) is 11.8. The van der Waals surface area contributed by atoms with Gasteiger partial charge in [0.05, 0.1) is 0 Å². The first kappa shape index (κ1) is 23.9. The molecular weight excluding hydrogens is 420 g/mol. The molecule has 32 heavy (non-hydrogen) atoms. The maximum atomic E-state index is 11.8. The number of hydrogen-bond acceptors (Lipinski definition) is 3. The second-order valence-electron chi connectivity index (χ2n) is 8.03. The maximum absolute atomic E-state index is 11.8. The number of esters is 1. The highest BCUT2D eigenvalue weighted by Gasteiger charge is 2.16. The van der Waals surface area contributed by atoms with Crippen LogP contribution in [-0.4, -0.2) is 5.97 Å². The largest absolute Gasteiger partial charge is 0.486 e. The van der Waals surface area contributed by atoms with E-state index in [1.807, 2.05) is 56.3 Å². The van der Waals surface area contributed by atoms with E-state index in [1.165, 1.54) is 0 Å². The Bertz CT molecular complexity index is 1030. The standard InChI is InChI=1S/C28H31ClO3/c1-4-6-11-27(23-10-7-9-22(19-23)21-12-14-24(29)15-13-21)31-25-16-17-26(20(3)18-25)32-28(30)8-5-2/h7,9-10,12-19,27H,4-6,8,11H2,1-3H3. The summed E-state index contributed by atoms with van der Waals surface area (Å²) < 4.78 is 11.9. The minimum Gasteiger partial charge on any atom is -0.486 e. The van der Waals surface area contributed by atoms with Gasteiger partial charge in [-0.1, -0.05) is 62.2 Å². The van der Waals surface area contributed by atoms with Crippen molar-refractivity contribution in [2.45, 2.75) is 59.0 Å². The normalized spacial score (nSPS) is 11.8. The summed E-state index contributed by atoms with van der Waals surface area (Å²) in [6.07, 6.45) is 4.22. The minimum atomic E-state index is -0.205. The van der Waals surface area contributed by atoms with Gasteiger partial charge >= 0.3 is 5.97 Å². The molecule has 0 aliphatic rings. The molecule has 168 valence electrons. The van der Waals surface area contributed by atoms with Crippen LogP contribution in [0.5, 0.6) is 11.5 Å². The third-order valence-electron chi connectivity index (χ3n) is 5.36. The first-order valence-electron chi connectivity index (χ1n) is 11.3. The molecule has 0 spiro atoms. The molecule has 0 amide bonds. The van der Waals surface area contributed by atoms with E-state index in [4.69, 9.17) is 21.1 Å². The number of ether oxygens (including phenoxy) is 2. The summed E-state index contributed by atoms with van der Waals surface area (Å²) in [5.41, 5.74) is 4.29. The fraction of sp³-hybridized carbons (Fsp3) is 0.321. The second kappa shape index (κ2) is 11.7. The van der Waals surface area contributed by atoms with Crippen molar-refractivity contribution in [3.05, 3.63) is 82.9 Å². The van der Waals surface area contributed by atoms with Crippen LogP contribution in [0.1, 0.15) is 63.2 Å². The van der Waals surface area contributed by atoms with Gasteiger partial charge in [-0.25, -0.2) is 0 Å².